The van der Waals surface area contributed by atoms with E-state index < -0.39 is 0 Å². The highest BCUT2D eigenvalue weighted by Crippen LogP contribution is 2.32. The van der Waals surface area contributed by atoms with Gasteiger partial charge in [-0.25, -0.2) is 0 Å². The Morgan fingerprint density at radius 2 is 2.44 bits per heavy atom. The van der Waals surface area contributed by atoms with Crippen LogP contribution in [0.5, 0.6) is 5.75 Å². The lowest BCUT2D eigenvalue weighted by atomic mass is 10.1. The molecule has 3 rings (SSSR count). The highest BCUT2D eigenvalue weighted by Gasteiger charge is 2.18. The van der Waals surface area contributed by atoms with Crippen LogP contribution in [0, 0.1) is 0 Å². The Hall–Kier alpha value is -1.22. The van der Waals surface area contributed by atoms with E-state index in [1.165, 1.54) is 17.7 Å². The van der Waals surface area contributed by atoms with Crippen LogP contribution in [-0.4, -0.2) is 25.9 Å². The summed E-state index contributed by atoms with van der Waals surface area (Å²) in [5, 5.41) is 3.38. The summed E-state index contributed by atoms with van der Waals surface area (Å²) in [6, 6.07) is 6.26. The van der Waals surface area contributed by atoms with Crippen LogP contribution < -0.4 is 10.1 Å². The van der Waals surface area contributed by atoms with E-state index in [1.54, 1.807) is 0 Å². The zero-order chi connectivity index (χ0) is 10.8. The van der Waals surface area contributed by atoms with Crippen molar-refractivity contribution >= 4 is 5.69 Å². The molecule has 2 aliphatic heterocycles. The molecule has 0 saturated carbocycles. The van der Waals surface area contributed by atoms with Crippen molar-refractivity contribution in [1.29, 1.82) is 0 Å². The number of benzene rings is 1. The van der Waals surface area contributed by atoms with E-state index in [-0.39, 0.29) is 6.10 Å². The average Bonchev–Trinajstić information content (AvgIpc) is 2.97. The standard InChI is InChI=1S/C13H17NO2/c1-3-10-6-7-14-13(10)12(5-1)16-9-11-4-2-8-15-11/h1,3,5,11,14H,2,4,6-9H2. The van der Waals surface area contributed by atoms with E-state index in [1.807, 2.05) is 6.07 Å². The quantitative estimate of drug-likeness (QED) is 0.845. The zero-order valence-electron chi connectivity index (χ0n) is 9.37. The van der Waals surface area contributed by atoms with Gasteiger partial charge in [0.15, 0.2) is 0 Å². The van der Waals surface area contributed by atoms with E-state index >= 15 is 0 Å². The van der Waals surface area contributed by atoms with E-state index in [9.17, 15) is 0 Å². The van der Waals surface area contributed by atoms with Crippen LogP contribution in [0.15, 0.2) is 18.2 Å². The van der Waals surface area contributed by atoms with Crippen LogP contribution in [0.3, 0.4) is 0 Å². The number of fused-ring (bicyclic) bond motifs is 1. The Bertz CT molecular complexity index is 372. The fourth-order valence-electron chi connectivity index (χ4n) is 2.39. The summed E-state index contributed by atoms with van der Waals surface area (Å²) in [4.78, 5) is 0. The highest BCUT2D eigenvalue weighted by atomic mass is 16.5. The molecule has 86 valence electrons. The molecular formula is C13H17NO2. The van der Waals surface area contributed by atoms with Gasteiger partial charge < -0.3 is 14.8 Å². The van der Waals surface area contributed by atoms with Crippen molar-refractivity contribution in [1.82, 2.24) is 0 Å². The Labute approximate surface area is 95.8 Å². The van der Waals surface area contributed by atoms with Gasteiger partial charge in [0.1, 0.15) is 12.4 Å². The van der Waals surface area contributed by atoms with E-state index in [4.69, 9.17) is 9.47 Å². The largest absolute Gasteiger partial charge is 0.489 e. The summed E-state index contributed by atoms with van der Waals surface area (Å²) in [7, 11) is 0. The van der Waals surface area contributed by atoms with E-state index in [2.05, 4.69) is 17.4 Å². The van der Waals surface area contributed by atoms with Crippen molar-refractivity contribution in [2.45, 2.75) is 25.4 Å². The summed E-state index contributed by atoms with van der Waals surface area (Å²) < 4.78 is 11.4. The molecule has 0 spiro atoms. The van der Waals surface area contributed by atoms with Gasteiger partial charge in [0, 0.05) is 13.2 Å². The number of hydrogen-bond acceptors (Lipinski definition) is 3. The van der Waals surface area contributed by atoms with Gasteiger partial charge in [0.25, 0.3) is 0 Å². The molecule has 0 amide bonds. The van der Waals surface area contributed by atoms with Gasteiger partial charge in [0.05, 0.1) is 11.8 Å². The Kier molecular flexibility index (Phi) is 2.70. The second kappa shape index (κ2) is 4.34. The monoisotopic (exact) mass is 219 g/mol. The maximum absolute atomic E-state index is 5.85. The number of hydrogen-bond donors (Lipinski definition) is 1. The number of para-hydroxylation sites is 1. The van der Waals surface area contributed by atoms with Gasteiger partial charge >= 0.3 is 0 Å². The van der Waals surface area contributed by atoms with Crippen molar-refractivity contribution in [3.05, 3.63) is 23.8 Å². The third kappa shape index (κ3) is 1.87. The van der Waals surface area contributed by atoms with Crippen LogP contribution in [0.1, 0.15) is 18.4 Å². The molecule has 1 aromatic carbocycles. The lowest BCUT2D eigenvalue weighted by molar-refractivity contribution is 0.0682. The van der Waals surface area contributed by atoms with E-state index in [0.717, 1.165) is 31.7 Å². The molecule has 3 heteroatoms. The van der Waals surface area contributed by atoms with Crippen LogP contribution in [0.25, 0.3) is 0 Å². The Balaban J connectivity index is 1.67. The van der Waals surface area contributed by atoms with Gasteiger partial charge in [-0.2, -0.15) is 0 Å². The van der Waals surface area contributed by atoms with E-state index in [0.29, 0.717) is 6.61 Å². The number of ether oxygens (including phenoxy) is 2. The molecule has 1 saturated heterocycles. The average molecular weight is 219 g/mol. The molecule has 2 aliphatic rings. The summed E-state index contributed by atoms with van der Waals surface area (Å²) in [5.41, 5.74) is 2.55. The molecule has 2 heterocycles. The van der Waals surface area contributed by atoms with Crippen LogP contribution in [0.4, 0.5) is 5.69 Å². The molecule has 1 aromatic rings. The van der Waals surface area contributed by atoms with Crippen molar-refractivity contribution in [3.63, 3.8) is 0 Å². The smallest absolute Gasteiger partial charge is 0.142 e. The summed E-state index contributed by atoms with van der Waals surface area (Å²) in [6.45, 7) is 2.59. The molecule has 0 aliphatic carbocycles. The molecule has 1 unspecified atom stereocenters. The summed E-state index contributed by atoms with van der Waals surface area (Å²) in [6.07, 6.45) is 3.69. The van der Waals surface area contributed by atoms with Gasteiger partial charge in [-0.1, -0.05) is 12.1 Å². The predicted octanol–water partition coefficient (Wildman–Crippen LogP) is 2.21. The maximum atomic E-state index is 5.85. The van der Waals surface area contributed by atoms with Gasteiger partial charge in [0.2, 0.25) is 0 Å². The predicted molar refractivity (Wildman–Crippen MR) is 63.1 cm³/mol. The Morgan fingerprint density at radius 3 is 3.31 bits per heavy atom. The number of anilines is 1. The minimum Gasteiger partial charge on any atom is -0.489 e. The lowest BCUT2D eigenvalue weighted by Crippen LogP contribution is -2.16. The van der Waals surface area contributed by atoms with Crippen molar-refractivity contribution in [3.8, 4) is 5.75 Å². The molecule has 3 nitrogen and oxygen atoms in total. The zero-order valence-corrected chi connectivity index (χ0v) is 9.37. The first-order valence-corrected chi connectivity index (χ1v) is 6.03. The first kappa shape index (κ1) is 9.97. The van der Waals surface area contributed by atoms with Crippen LogP contribution in [-0.2, 0) is 11.2 Å². The second-order valence-corrected chi connectivity index (χ2v) is 4.41. The fraction of sp³-hybridized carbons (Fsp3) is 0.538. The molecule has 0 radical (unpaired) electrons. The first-order chi connectivity index (χ1) is 7.93. The molecule has 0 bridgehead atoms. The number of rotatable bonds is 3. The van der Waals surface area contributed by atoms with Crippen molar-refractivity contribution in [2.75, 3.05) is 25.1 Å². The summed E-state index contributed by atoms with van der Waals surface area (Å²) in [5.74, 6) is 0.977. The maximum Gasteiger partial charge on any atom is 0.142 e. The minimum absolute atomic E-state index is 0.289. The first-order valence-electron chi connectivity index (χ1n) is 6.03. The molecule has 1 fully saturated rings. The van der Waals surface area contributed by atoms with Gasteiger partial charge in [-0.3, -0.25) is 0 Å². The lowest BCUT2D eigenvalue weighted by Gasteiger charge is -2.14. The van der Waals surface area contributed by atoms with Crippen molar-refractivity contribution < 1.29 is 9.47 Å². The van der Waals surface area contributed by atoms with Crippen molar-refractivity contribution in [2.24, 2.45) is 0 Å². The van der Waals surface area contributed by atoms with Crippen LogP contribution >= 0.6 is 0 Å². The molecule has 1 atom stereocenters. The second-order valence-electron chi connectivity index (χ2n) is 4.41. The van der Waals surface area contributed by atoms with Crippen LogP contribution in [0.2, 0.25) is 0 Å². The fourth-order valence-corrected chi connectivity index (χ4v) is 2.39. The number of nitrogens with one attached hydrogen (secondary N) is 1. The third-order valence-corrected chi connectivity index (χ3v) is 3.26. The Morgan fingerprint density at radius 1 is 1.44 bits per heavy atom. The molecule has 16 heavy (non-hydrogen) atoms. The molecule has 1 N–H and O–H groups in total. The molecule has 0 aromatic heterocycles. The van der Waals surface area contributed by atoms with Gasteiger partial charge in [-0.05, 0) is 30.9 Å². The SMILES string of the molecule is c1cc2c(c(OCC3CCCO3)c1)NCC2. The third-order valence-electron chi connectivity index (χ3n) is 3.26. The topological polar surface area (TPSA) is 30.5 Å². The van der Waals surface area contributed by atoms with Gasteiger partial charge in [-0.15, -0.1) is 0 Å². The normalized spacial score (nSPS) is 22.9. The minimum atomic E-state index is 0.289. The summed E-state index contributed by atoms with van der Waals surface area (Å²) >= 11 is 0. The highest BCUT2D eigenvalue weighted by molar-refractivity contribution is 5.65. The molecular weight excluding hydrogens is 202 g/mol.